The smallest absolute Gasteiger partial charge is 0.265 e. The number of amides is 1. The van der Waals surface area contributed by atoms with Crippen LogP contribution in [0.2, 0.25) is 0 Å². The average molecular weight is 391 g/mol. The summed E-state index contributed by atoms with van der Waals surface area (Å²) in [5, 5.41) is 2.99. The number of imidazole rings is 1. The molecule has 0 bridgehead atoms. The number of carbonyl (C=O) groups is 1. The molecular weight excluding hydrogens is 370 g/mol. The Balaban J connectivity index is 1.36. The van der Waals surface area contributed by atoms with Crippen molar-refractivity contribution in [1.82, 2.24) is 15.3 Å². The van der Waals surface area contributed by atoms with Gasteiger partial charge in [0.25, 0.3) is 5.91 Å². The van der Waals surface area contributed by atoms with Crippen LogP contribution in [-0.2, 0) is 6.42 Å². The highest BCUT2D eigenvalue weighted by atomic mass is 32.1. The van der Waals surface area contributed by atoms with E-state index in [1.807, 2.05) is 60.7 Å². The molecule has 4 rings (SSSR count). The molecule has 5 nitrogen and oxygen atoms in total. The molecule has 2 heterocycles. The summed E-state index contributed by atoms with van der Waals surface area (Å²) in [7, 11) is 1.59. The van der Waals surface area contributed by atoms with E-state index >= 15 is 0 Å². The van der Waals surface area contributed by atoms with Crippen molar-refractivity contribution in [3.63, 3.8) is 0 Å². The van der Waals surface area contributed by atoms with Gasteiger partial charge in [0.2, 0.25) is 0 Å². The summed E-state index contributed by atoms with van der Waals surface area (Å²) in [6.45, 7) is 0.581. The number of hydrogen-bond acceptors (Lipinski definition) is 4. The number of ether oxygens (including phenoxy) is 1. The van der Waals surface area contributed by atoms with E-state index in [2.05, 4.69) is 15.3 Å². The molecule has 0 atom stereocenters. The van der Waals surface area contributed by atoms with Crippen LogP contribution in [0.3, 0.4) is 0 Å². The first-order valence-electron chi connectivity index (χ1n) is 9.19. The minimum atomic E-state index is -0.103. The van der Waals surface area contributed by atoms with E-state index in [9.17, 15) is 4.79 Å². The Morgan fingerprint density at radius 2 is 1.93 bits per heavy atom. The van der Waals surface area contributed by atoms with E-state index in [4.69, 9.17) is 4.74 Å². The van der Waals surface area contributed by atoms with E-state index in [1.165, 1.54) is 11.3 Å². The number of para-hydroxylation sites is 2. The van der Waals surface area contributed by atoms with Gasteiger partial charge in [0.15, 0.2) is 0 Å². The number of H-pyrrole nitrogens is 1. The summed E-state index contributed by atoms with van der Waals surface area (Å²) in [6, 6.07) is 19.9. The maximum atomic E-state index is 12.6. The second kappa shape index (κ2) is 8.27. The van der Waals surface area contributed by atoms with Gasteiger partial charge in [0.05, 0.1) is 18.1 Å². The number of nitrogens with one attached hydrogen (secondary N) is 2. The second-order valence-electron chi connectivity index (χ2n) is 6.43. The van der Waals surface area contributed by atoms with Crippen molar-refractivity contribution in [3.05, 3.63) is 71.4 Å². The lowest BCUT2D eigenvalue weighted by molar-refractivity contribution is 0.0954. The van der Waals surface area contributed by atoms with Crippen molar-refractivity contribution in [2.24, 2.45) is 0 Å². The maximum absolute atomic E-state index is 12.6. The van der Waals surface area contributed by atoms with Crippen molar-refractivity contribution in [2.45, 2.75) is 12.8 Å². The van der Waals surface area contributed by atoms with Crippen molar-refractivity contribution in [3.8, 4) is 16.2 Å². The molecule has 0 saturated heterocycles. The molecule has 0 spiro atoms. The van der Waals surface area contributed by atoms with E-state index in [1.54, 1.807) is 7.11 Å². The number of aromatic nitrogens is 2. The Labute approximate surface area is 167 Å². The Morgan fingerprint density at radius 1 is 1.14 bits per heavy atom. The van der Waals surface area contributed by atoms with Gasteiger partial charge >= 0.3 is 0 Å². The lowest BCUT2D eigenvalue weighted by Crippen LogP contribution is -2.24. The molecule has 4 aromatic rings. The van der Waals surface area contributed by atoms with E-state index < -0.39 is 0 Å². The van der Waals surface area contributed by atoms with E-state index in [-0.39, 0.29) is 5.91 Å². The number of rotatable bonds is 7. The number of fused-ring (bicyclic) bond motifs is 1. The molecule has 0 aliphatic rings. The second-order valence-corrected chi connectivity index (χ2v) is 7.49. The SMILES string of the molecule is COc1cc(-c2ccccc2)sc1C(=O)NCCCc1nc2ccccc2[nH]1. The van der Waals surface area contributed by atoms with Gasteiger partial charge in [-0.25, -0.2) is 4.98 Å². The van der Waals surface area contributed by atoms with Crippen molar-refractivity contribution < 1.29 is 9.53 Å². The number of aromatic amines is 1. The third-order valence-electron chi connectivity index (χ3n) is 4.50. The van der Waals surface area contributed by atoms with Crippen molar-refractivity contribution in [1.29, 1.82) is 0 Å². The number of nitrogens with zero attached hydrogens (tertiary/aromatic N) is 1. The van der Waals surface area contributed by atoms with Crippen LogP contribution in [0, 0.1) is 0 Å². The van der Waals surface area contributed by atoms with Gasteiger partial charge in [-0.05, 0) is 30.2 Å². The van der Waals surface area contributed by atoms with Crippen LogP contribution in [-0.4, -0.2) is 29.5 Å². The zero-order valence-corrected chi connectivity index (χ0v) is 16.4. The van der Waals surface area contributed by atoms with Crippen LogP contribution in [0.15, 0.2) is 60.7 Å². The van der Waals surface area contributed by atoms with Crippen LogP contribution in [0.4, 0.5) is 0 Å². The summed E-state index contributed by atoms with van der Waals surface area (Å²) in [5.74, 6) is 1.45. The fourth-order valence-corrected chi connectivity index (χ4v) is 4.14. The average Bonchev–Trinajstić information content (AvgIpc) is 3.35. The van der Waals surface area contributed by atoms with Gasteiger partial charge in [-0.2, -0.15) is 0 Å². The molecular formula is C22H21N3O2S. The Kier molecular flexibility index (Phi) is 5.39. The molecule has 2 N–H and O–H groups in total. The maximum Gasteiger partial charge on any atom is 0.265 e. The molecule has 0 saturated carbocycles. The van der Waals surface area contributed by atoms with Crippen LogP contribution >= 0.6 is 11.3 Å². The Bertz CT molecular complexity index is 1050. The predicted molar refractivity (Wildman–Crippen MR) is 113 cm³/mol. The standard InChI is InChI=1S/C22H21N3O2S/c1-27-18-14-19(15-8-3-2-4-9-15)28-21(18)22(26)23-13-7-12-20-24-16-10-5-6-11-17(16)25-20/h2-6,8-11,14H,7,12-13H2,1H3,(H,23,26)(H,24,25). The Morgan fingerprint density at radius 3 is 2.71 bits per heavy atom. The van der Waals surface area contributed by atoms with Gasteiger partial charge in [-0.3, -0.25) is 4.79 Å². The number of thiophene rings is 1. The quantitative estimate of drug-likeness (QED) is 0.450. The van der Waals surface area contributed by atoms with Gasteiger partial charge in [0, 0.05) is 17.8 Å². The molecule has 0 unspecified atom stereocenters. The lowest BCUT2D eigenvalue weighted by atomic mass is 10.2. The third kappa shape index (κ3) is 3.92. The number of methoxy groups -OCH3 is 1. The highest BCUT2D eigenvalue weighted by Crippen LogP contribution is 2.36. The number of carbonyl (C=O) groups excluding carboxylic acids is 1. The first-order chi connectivity index (χ1) is 13.7. The Hall–Kier alpha value is -3.12. The van der Waals surface area contributed by atoms with Crippen LogP contribution < -0.4 is 10.1 Å². The molecule has 1 amide bonds. The molecule has 28 heavy (non-hydrogen) atoms. The lowest BCUT2D eigenvalue weighted by Gasteiger charge is -2.04. The molecule has 2 aromatic carbocycles. The fraction of sp³-hybridized carbons (Fsp3) is 0.182. The van der Waals surface area contributed by atoms with E-state index in [0.29, 0.717) is 17.2 Å². The molecule has 0 aliphatic carbocycles. The topological polar surface area (TPSA) is 67.0 Å². The van der Waals surface area contributed by atoms with E-state index in [0.717, 1.165) is 40.1 Å². The summed E-state index contributed by atoms with van der Waals surface area (Å²) in [5.41, 5.74) is 3.09. The zero-order chi connectivity index (χ0) is 19.3. The monoisotopic (exact) mass is 391 g/mol. The fourth-order valence-electron chi connectivity index (χ4n) is 3.09. The van der Waals surface area contributed by atoms with Gasteiger partial charge in [-0.1, -0.05) is 42.5 Å². The first-order valence-corrected chi connectivity index (χ1v) is 10.0. The summed E-state index contributed by atoms with van der Waals surface area (Å²) in [4.78, 5) is 22.1. The summed E-state index contributed by atoms with van der Waals surface area (Å²) < 4.78 is 5.41. The largest absolute Gasteiger partial charge is 0.495 e. The van der Waals surface area contributed by atoms with Gasteiger partial charge < -0.3 is 15.0 Å². The number of hydrogen-bond donors (Lipinski definition) is 2. The normalized spacial score (nSPS) is 10.9. The minimum Gasteiger partial charge on any atom is -0.495 e. The molecule has 0 radical (unpaired) electrons. The molecule has 0 fully saturated rings. The molecule has 0 aliphatic heterocycles. The summed E-state index contributed by atoms with van der Waals surface area (Å²) in [6.07, 6.45) is 1.59. The zero-order valence-electron chi connectivity index (χ0n) is 15.6. The van der Waals surface area contributed by atoms with Crippen LogP contribution in [0.1, 0.15) is 21.9 Å². The number of benzene rings is 2. The first kappa shape index (κ1) is 18.3. The number of aryl methyl sites for hydroxylation is 1. The predicted octanol–water partition coefficient (Wildman–Crippen LogP) is 4.66. The highest BCUT2D eigenvalue weighted by Gasteiger charge is 2.17. The van der Waals surface area contributed by atoms with Crippen molar-refractivity contribution >= 4 is 28.3 Å². The molecule has 142 valence electrons. The van der Waals surface area contributed by atoms with Gasteiger partial charge in [-0.15, -0.1) is 11.3 Å². The van der Waals surface area contributed by atoms with Crippen LogP contribution in [0.5, 0.6) is 5.75 Å². The molecule has 2 aromatic heterocycles. The van der Waals surface area contributed by atoms with Crippen molar-refractivity contribution in [2.75, 3.05) is 13.7 Å². The third-order valence-corrected chi connectivity index (χ3v) is 5.66. The van der Waals surface area contributed by atoms with Gasteiger partial charge in [0.1, 0.15) is 16.5 Å². The highest BCUT2D eigenvalue weighted by molar-refractivity contribution is 7.17. The summed E-state index contributed by atoms with van der Waals surface area (Å²) >= 11 is 1.45. The minimum absolute atomic E-state index is 0.103. The van der Waals surface area contributed by atoms with Crippen LogP contribution in [0.25, 0.3) is 21.5 Å². The molecule has 6 heteroatoms.